The van der Waals surface area contributed by atoms with E-state index in [1.807, 2.05) is 12.1 Å². The lowest BCUT2D eigenvalue weighted by Gasteiger charge is -2.16. The molecule has 1 aromatic rings. The Morgan fingerprint density at radius 2 is 1.77 bits per heavy atom. The largest absolute Gasteiger partial charge is 0.493 e. The van der Waals surface area contributed by atoms with Gasteiger partial charge in [-0.25, -0.2) is 13.6 Å². The molecular weight excluding hydrogens is 352 g/mol. The molecule has 0 aromatic heterocycles. The summed E-state index contributed by atoms with van der Waals surface area (Å²) in [6.07, 6.45) is 7.66. The number of sulfonamides is 1. The maximum atomic E-state index is 12.0. The standard InChI is InChI=1S/C19H34N2O4S/c1-3-4-5-6-7-8-9-17(26(21,22)23)14-16-10-11-18(25-13-12-20)19(15-16)24-2/h10-11,15,17H,3-9,12-14,20H2,1-2H3,(H2,21,22,23). The van der Waals surface area contributed by atoms with Crippen LogP contribution < -0.4 is 20.3 Å². The Bertz CT molecular complexity index is 620. The third-order valence-corrected chi connectivity index (χ3v) is 5.74. The van der Waals surface area contributed by atoms with Gasteiger partial charge in [-0.15, -0.1) is 0 Å². The molecule has 1 unspecified atom stereocenters. The van der Waals surface area contributed by atoms with Crippen LogP contribution >= 0.6 is 0 Å². The van der Waals surface area contributed by atoms with Crippen LogP contribution in [0.2, 0.25) is 0 Å². The van der Waals surface area contributed by atoms with E-state index in [1.54, 1.807) is 13.2 Å². The molecule has 0 fully saturated rings. The number of hydrogen-bond donors (Lipinski definition) is 2. The monoisotopic (exact) mass is 386 g/mol. The number of unbranched alkanes of at least 4 members (excludes halogenated alkanes) is 5. The van der Waals surface area contributed by atoms with Crippen LogP contribution in [0.5, 0.6) is 11.5 Å². The fourth-order valence-electron chi connectivity index (χ4n) is 2.92. The second-order valence-corrected chi connectivity index (χ2v) is 8.44. The van der Waals surface area contributed by atoms with Crippen molar-refractivity contribution in [1.29, 1.82) is 0 Å². The van der Waals surface area contributed by atoms with Crippen molar-refractivity contribution in [2.24, 2.45) is 10.9 Å². The van der Waals surface area contributed by atoms with Crippen molar-refractivity contribution in [3.05, 3.63) is 23.8 Å². The fourth-order valence-corrected chi connectivity index (χ4v) is 3.84. The van der Waals surface area contributed by atoms with E-state index >= 15 is 0 Å². The van der Waals surface area contributed by atoms with Gasteiger partial charge in [0.1, 0.15) is 6.61 Å². The maximum Gasteiger partial charge on any atom is 0.212 e. The quantitative estimate of drug-likeness (QED) is 0.478. The summed E-state index contributed by atoms with van der Waals surface area (Å²) in [6.45, 7) is 2.99. The topological polar surface area (TPSA) is 105 Å². The van der Waals surface area contributed by atoms with E-state index in [2.05, 4.69) is 6.92 Å². The highest BCUT2D eigenvalue weighted by Crippen LogP contribution is 2.29. The van der Waals surface area contributed by atoms with Gasteiger partial charge < -0.3 is 15.2 Å². The van der Waals surface area contributed by atoms with Crippen LogP contribution in [0.4, 0.5) is 0 Å². The van der Waals surface area contributed by atoms with Gasteiger partial charge in [0.05, 0.1) is 12.4 Å². The first kappa shape index (κ1) is 22.7. The summed E-state index contributed by atoms with van der Waals surface area (Å²) in [5, 5.41) is 4.88. The van der Waals surface area contributed by atoms with E-state index in [-0.39, 0.29) is 0 Å². The van der Waals surface area contributed by atoms with Gasteiger partial charge in [-0.1, -0.05) is 51.5 Å². The average molecular weight is 387 g/mol. The summed E-state index contributed by atoms with van der Waals surface area (Å²) in [5.41, 5.74) is 6.32. The molecule has 6 nitrogen and oxygen atoms in total. The average Bonchev–Trinajstić information content (AvgIpc) is 2.61. The summed E-state index contributed by atoms with van der Waals surface area (Å²) in [5.74, 6) is 1.17. The summed E-state index contributed by atoms with van der Waals surface area (Å²) < 4.78 is 34.8. The first-order valence-corrected chi connectivity index (χ1v) is 11.0. The Kier molecular flexibility index (Phi) is 10.6. The zero-order valence-corrected chi connectivity index (χ0v) is 16.9. The van der Waals surface area contributed by atoms with Crippen molar-refractivity contribution in [2.45, 2.75) is 63.5 Å². The number of primary sulfonamides is 1. The van der Waals surface area contributed by atoms with Crippen molar-refractivity contribution >= 4 is 10.0 Å². The third-order valence-electron chi connectivity index (χ3n) is 4.41. The number of methoxy groups -OCH3 is 1. The molecular formula is C19H34N2O4S. The zero-order chi connectivity index (χ0) is 19.4. The molecule has 4 N–H and O–H groups in total. The van der Waals surface area contributed by atoms with Gasteiger partial charge in [0.2, 0.25) is 10.0 Å². The highest BCUT2D eigenvalue weighted by Gasteiger charge is 2.22. The molecule has 150 valence electrons. The number of hydrogen-bond acceptors (Lipinski definition) is 5. The molecule has 1 atom stereocenters. The van der Waals surface area contributed by atoms with E-state index in [9.17, 15) is 8.42 Å². The van der Waals surface area contributed by atoms with Crippen molar-refractivity contribution in [3.8, 4) is 11.5 Å². The molecule has 1 aromatic carbocycles. The maximum absolute atomic E-state index is 12.0. The molecule has 0 saturated heterocycles. The second-order valence-electron chi connectivity index (χ2n) is 6.59. The Hall–Kier alpha value is -1.31. The van der Waals surface area contributed by atoms with E-state index in [0.29, 0.717) is 37.5 Å². The molecule has 0 aliphatic heterocycles. The minimum atomic E-state index is -3.59. The molecule has 0 aliphatic carbocycles. The van der Waals surface area contributed by atoms with Crippen molar-refractivity contribution in [1.82, 2.24) is 0 Å². The van der Waals surface area contributed by atoms with Gasteiger partial charge >= 0.3 is 0 Å². The molecule has 0 bridgehead atoms. The normalized spacial score (nSPS) is 12.8. The van der Waals surface area contributed by atoms with Crippen LogP contribution in [0.25, 0.3) is 0 Å². The first-order valence-electron chi connectivity index (χ1n) is 9.43. The van der Waals surface area contributed by atoms with Crippen LogP contribution in [0.1, 0.15) is 57.4 Å². The van der Waals surface area contributed by atoms with E-state index < -0.39 is 15.3 Å². The van der Waals surface area contributed by atoms with Gasteiger partial charge in [0, 0.05) is 6.54 Å². The molecule has 0 aliphatic rings. The van der Waals surface area contributed by atoms with Gasteiger partial charge in [-0.3, -0.25) is 0 Å². The Morgan fingerprint density at radius 1 is 1.08 bits per heavy atom. The molecule has 0 spiro atoms. The SMILES string of the molecule is CCCCCCCCC(Cc1ccc(OCCN)c(OC)c1)S(N)(=O)=O. The fraction of sp³-hybridized carbons (Fsp3) is 0.684. The predicted octanol–water partition coefficient (Wildman–Crippen LogP) is 2.98. The third kappa shape index (κ3) is 8.38. The molecule has 0 amide bonds. The molecule has 0 radical (unpaired) electrons. The molecule has 0 heterocycles. The van der Waals surface area contributed by atoms with Gasteiger partial charge in [0.15, 0.2) is 11.5 Å². The van der Waals surface area contributed by atoms with E-state index in [4.69, 9.17) is 20.3 Å². The van der Waals surface area contributed by atoms with E-state index in [1.165, 1.54) is 19.3 Å². The van der Waals surface area contributed by atoms with Crippen LogP contribution in [0.15, 0.2) is 18.2 Å². The molecule has 1 rings (SSSR count). The van der Waals surface area contributed by atoms with Crippen molar-refractivity contribution in [2.75, 3.05) is 20.3 Å². The number of ether oxygens (including phenoxy) is 2. The van der Waals surface area contributed by atoms with Crippen LogP contribution in [-0.4, -0.2) is 33.9 Å². The second kappa shape index (κ2) is 12.1. The number of nitrogens with two attached hydrogens (primary N) is 2. The Balaban J connectivity index is 2.69. The minimum absolute atomic E-state index is 0.376. The molecule has 7 heteroatoms. The lowest BCUT2D eigenvalue weighted by Crippen LogP contribution is -2.30. The molecule has 0 saturated carbocycles. The van der Waals surface area contributed by atoms with Crippen LogP contribution in [0, 0.1) is 0 Å². The van der Waals surface area contributed by atoms with Crippen LogP contribution in [-0.2, 0) is 16.4 Å². The van der Waals surface area contributed by atoms with Crippen LogP contribution in [0.3, 0.4) is 0 Å². The van der Waals surface area contributed by atoms with Gasteiger partial charge in [0.25, 0.3) is 0 Å². The number of benzene rings is 1. The Morgan fingerprint density at radius 3 is 2.38 bits per heavy atom. The predicted molar refractivity (Wildman–Crippen MR) is 106 cm³/mol. The van der Waals surface area contributed by atoms with Gasteiger partial charge in [-0.05, 0) is 30.5 Å². The summed E-state index contributed by atoms with van der Waals surface area (Å²) in [4.78, 5) is 0. The van der Waals surface area contributed by atoms with Crippen molar-refractivity contribution < 1.29 is 17.9 Å². The lowest BCUT2D eigenvalue weighted by atomic mass is 10.0. The van der Waals surface area contributed by atoms with Crippen molar-refractivity contribution in [3.63, 3.8) is 0 Å². The highest BCUT2D eigenvalue weighted by atomic mass is 32.2. The molecule has 26 heavy (non-hydrogen) atoms. The summed E-state index contributed by atoms with van der Waals surface area (Å²) in [7, 11) is -2.04. The summed E-state index contributed by atoms with van der Waals surface area (Å²) >= 11 is 0. The minimum Gasteiger partial charge on any atom is -0.493 e. The van der Waals surface area contributed by atoms with Gasteiger partial charge in [-0.2, -0.15) is 0 Å². The Labute approximate surface area is 158 Å². The smallest absolute Gasteiger partial charge is 0.212 e. The summed E-state index contributed by atoms with van der Waals surface area (Å²) in [6, 6.07) is 5.45. The first-order chi connectivity index (χ1) is 12.4. The highest BCUT2D eigenvalue weighted by molar-refractivity contribution is 7.89. The lowest BCUT2D eigenvalue weighted by molar-refractivity contribution is 0.302. The van der Waals surface area contributed by atoms with E-state index in [0.717, 1.165) is 24.8 Å². The number of rotatable bonds is 14. The zero-order valence-electron chi connectivity index (χ0n) is 16.1.